The highest BCUT2D eigenvalue weighted by Crippen LogP contribution is 2.20. The van der Waals surface area contributed by atoms with Crippen LogP contribution in [0.2, 0.25) is 0 Å². The van der Waals surface area contributed by atoms with Gasteiger partial charge in [-0.1, -0.05) is 32.9 Å². The third kappa shape index (κ3) is 5.40. The summed E-state index contributed by atoms with van der Waals surface area (Å²) in [6, 6.07) is 6.46. The van der Waals surface area contributed by atoms with Gasteiger partial charge in [0.1, 0.15) is 5.82 Å². The van der Waals surface area contributed by atoms with Gasteiger partial charge in [-0.3, -0.25) is 0 Å². The van der Waals surface area contributed by atoms with Crippen molar-refractivity contribution in [3.05, 3.63) is 35.1 Å². The fourth-order valence-electron chi connectivity index (χ4n) is 2.89. The number of aryl methyl sites for hydroxylation is 1. The van der Waals surface area contributed by atoms with Crippen LogP contribution in [0.15, 0.2) is 18.2 Å². The van der Waals surface area contributed by atoms with E-state index in [1.807, 2.05) is 19.1 Å². The molecule has 0 heterocycles. The Kier molecular flexibility index (Phi) is 7.91. The molecule has 1 aromatic rings. The molecule has 0 saturated heterocycles. The number of benzene rings is 1. The Labute approximate surface area is 129 Å². The lowest BCUT2D eigenvalue weighted by molar-refractivity contribution is 0.218. The van der Waals surface area contributed by atoms with Gasteiger partial charge in [0, 0.05) is 12.1 Å². The SMILES string of the molecule is CCNC(CCN(C)C(CC)CC)c1ccc(C)c(F)c1. The van der Waals surface area contributed by atoms with Crippen LogP contribution in [0.25, 0.3) is 0 Å². The van der Waals surface area contributed by atoms with Crippen molar-refractivity contribution in [2.75, 3.05) is 20.1 Å². The molecule has 0 aromatic heterocycles. The van der Waals surface area contributed by atoms with Crippen LogP contribution >= 0.6 is 0 Å². The van der Waals surface area contributed by atoms with Crippen molar-refractivity contribution in [2.45, 2.75) is 59.0 Å². The van der Waals surface area contributed by atoms with E-state index in [1.165, 1.54) is 12.8 Å². The van der Waals surface area contributed by atoms with Gasteiger partial charge >= 0.3 is 0 Å². The summed E-state index contributed by atoms with van der Waals surface area (Å²) in [7, 11) is 2.19. The van der Waals surface area contributed by atoms with E-state index in [0.717, 1.165) is 25.1 Å². The van der Waals surface area contributed by atoms with Crippen molar-refractivity contribution in [1.82, 2.24) is 10.2 Å². The maximum absolute atomic E-state index is 13.8. The van der Waals surface area contributed by atoms with Crippen LogP contribution < -0.4 is 5.32 Å². The first-order chi connectivity index (χ1) is 10.0. The highest BCUT2D eigenvalue weighted by Gasteiger charge is 2.15. The van der Waals surface area contributed by atoms with E-state index in [4.69, 9.17) is 0 Å². The number of hydrogen-bond donors (Lipinski definition) is 1. The van der Waals surface area contributed by atoms with Crippen LogP contribution in [-0.2, 0) is 0 Å². The smallest absolute Gasteiger partial charge is 0.126 e. The Morgan fingerprint density at radius 2 is 1.86 bits per heavy atom. The monoisotopic (exact) mass is 294 g/mol. The molecule has 1 N–H and O–H groups in total. The first-order valence-electron chi connectivity index (χ1n) is 8.23. The third-order valence-electron chi connectivity index (χ3n) is 4.39. The molecule has 1 rings (SSSR count). The maximum Gasteiger partial charge on any atom is 0.126 e. The molecule has 2 nitrogen and oxygen atoms in total. The standard InChI is InChI=1S/C18H31FN2/c1-6-16(7-2)21(5)12-11-18(20-8-3)15-10-9-14(4)17(19)13-15/h9-10,13,16,18,20H,6-8,11-12H2,1-5H3. The summed E-state index contributed by atoms with van der Waals surface area (Å²) in [5.41, 5.74) is 1.76. The van der Waals surface area contributed by atoms with E-state index in [1.54, 1.807) is 6.07 Å². The zero-order chi connectivity index (χ0) is 15.8. The summed E-state index contributed by atoms with van der Waals surface area (Å²) in [5.74, 6) is -0.108. The molecule has 0 bridgehead atoms. The minimum Gasteiger partial charge on any atom is -0.310 e. The summed E-state index contributed by atoms with van der Waals surface area (Å²) < 4.78 is 13.8. The lowest BCUT2D eigenvalue weighted by Gasteiger charge is -2.28. The molecular formula is C18H31FN2. The quantitative estimate of drug-likeness (QED) is 0.730. The predicted octanol–water partition coefficient (Wildman–Crippen LogP) is 4.30. The summed E-state index contributed by atoms with van der Waals surface area (Å²) in [6.07, 6.45) is 3.36. The normalized spacial score (nSPS) is 13.1. The summed E-state index contributed by atoms with van der Waals surface area (Å²) in [6.45, 7) is 10.3. The molecule has 0 amide bonds. The van der Waals surface area contributed by atoms with Crippen molar-refractivity contribution < 1.29 is 4.39 Å². The van der Waals surface area contributed by atoms with Crippen molar-refractivity contribution in [1.29, 1.82) is 0 Å². The molecule has 3 heteroatoms. The topological polar surface area (TPSA) is 15.3 Å². The van der Waals surface area contributed by atoms with Crippen LogP contribution in [0, 0.1) is 12.7 Å². The highest BCUT2D eigenvalue weighted by molar-refractivity contribution is 5.25. The van der Waals surface area contributed by atoms with Gasteiger partial charge in [-0.25, -0.2) is 4.39 Å². The van der Waals surface area contributed by atoms with Crippen molar-refractivity contribution in [3.63, 3.8) is 0 Å². The van der Waals surface area contributed by atoms with Crippen LogP contribution in [0.4, 0.5) is 4.39 Å². The Balaban J connectivity index is 2.71. The predicted molar refractivity (Wildman–Crippen MR) is 89.2 cm³/mol. The minimum atomic E-state index is -0.108. The third-order valence-corrected chi connectivity index (χ3v) is 4.39. The van der Waals surface area contributed by atoms with E-state index < -0.39 is 0 Å². The summed E-state index contributed by atoms with van der Waals surface area (Å²) in [5, 5.41) is 3.48. The van der Waals surface area contributed by atoms with Gasteiger partial charge in [0.15, 0.2) is 0 Å². The van der Waals surface area contributed by atoms with Crippen molar-refractivity contribution >= 4 is 0 Å². The van der Waals surface area contributed by atoms with Crippen molar-refractivity contribution in [2.24, 2.45) is 0 Å². The Morgan fingerprint density at radius 3 is 2.38 bits per heavy atom. The molecule has 120 valence electrons. The number of hydrogen-bond acceptors (Lipinski definition) is 2. The Morgan fingerprint density at radius 1 is 1.19 bits per heavy atom. The second-order valence-corrected chi connectivity index (χ2v) is 5.86. The second-order valence-electron chi connectivity index (χ2n) is 5.86. The van der Waals surface area contributed by atoms with Gasteiger partial charge in [-0.15, -0.1) is 0 Å². The summed E-state index contributed by atoms with van der Waals surface area (Å²) >= 11 is 0. The molecule has 21 heavy (non-hydrogen) atoms. The Hall–Kier alpha value is -0.930. The zero-order valence-electron chi connectivity index (χ0n) is 14.2. The molecule has 1 atom stereocenters. The zero-order valence-corrected chi connectivity index (χ0v) is 14.2. The van der Waals surface area contributed by atoms with Crippen molar-refractivity contribution in [3.8, 4) is 0 Å². The second kappa shape index (κ2) is 9.16. The number of halogens is 1. The fourth-order valence-corrected chi connectivity index (χ4v) is 2.89. The first kappa shape index (κ1) is 18.1. The fraction of sp³-hybridized carbons (Fsp3) is 0.667. The maximum atomic E-state index is 13.8. The Bertz CT molecular complexity index is 416. The van der Waals surface area contributed by atoms with Gasteiger partial charge in [0.05, 0.1) is 0 Å². The van der Waals surface area contributed by atoms with E-state index in [2.05, 4.69) is 38.0 Å². The average molecular weight is 294 g/mol. The lowest BCUT2D eigenvalue weighted by Crippen LogP contribution is -2.34. The van der Waals surface area contributed by atoms with Gasteiger partial charge in [0.25, 0.3) is 0 Å². The average Bonchev–Trinajstić information content (AvgIpc) is 2.47. The largest absolute Gasteiger partial charge is 0.310 e. The van der Waals surface area contributed by atoms with Gasteiger partial charge in [-0.2, -0.15) is 0 Å². The number of rotatable bonds is 9. The van der Waals surface area contributed by atoms with Gasteiger partial charge in [0.2, 0.25) is 0 Å². The highest BCUT2D eigenvalue weighted by atomic mass is 19.1. The molecule has 0 aliphatic heterocycles. The molecule has 0 spiro atoms. The summed E-state index contributed by atoms with van der Waals surface area (Å²) in [4.78, 5) is 2.43. The van der Waals surface area contributed by atoms with Crippen LogP contribution in [0.5, 0.6) is 0 Å². The van der Waals surface area contributed by atoms with E-state index >= 15 is 0 Å². The minimum absolute atomic E-state index is 0.108. The molecule has 1 unspecified atom stereocenters. The van der Waals surface area contributed by atoms with Crippen LogP contribution in [-0.4, -0.2) is 31.1 Å². The molecule has 0 fully saturated rings. The first-order valence-corrected chi connectivity index (χ1v) is 8.23. The molecule has 0 radical (unpaired) electrons. The molecule has 0 aliphatic rings. The molecule has 0 saturated carbocycles. The van der Waals surface area contributed by atoms with Gasteiger partial charge in [-0.05, 0) is 63.5 Å². The molecule has 1 aromatic carbocycles. The van der Waals surface area contributed by atoms with Crippen LogP contribution in [0.1, 0.15) is 57.2 Å². The molecular weight excluding hydrogens is 263 g/mol. The number of nitrogens with zero attached hydrogens (tertiary/aromatic N) is 1. The molecule has 0 aliphatic carbocycles. The van der Waals surface area contributed by atoms with E-state index in [-0.39, 0.29) is 11.9 Å². The lowest BCUT2D eigenvalue weighted by atomic mass is 10.0. The van der Waals surface area contributed by atoms with E-state index in [0.29, 0.717) is 11.6 Å². The number of nitrogens with one attached hydrogen (secondary N) is 1. The van der Waals surface area contributed by atoms with E-state index in [9.17, 15) is 4.39 Å². The van der Waals surface area contributed by atoms with Gasteiger partial charge < -0.3 is 10.2 Å². The van der Waals surface area contributed by atoms with Crippen LogP contribution in [0.3, 0.4) is 0 Å².